The van der Waals surface area contributed by atoms with E-state index >= 15 is 17.6 Å². The number of pyridine rings is 2. The zero-order valence-corrected chi connectivity index (χ0v) is 59.0. The maximum absolute atomic E-state index is 16.3. The molecule has 7 aliphatic rings. The van der Waals surface area contributed by atoms with Crippen LogP contribution in [0.4, 0.5) is 27.2 Å². The fourth-order valence-corrected chi connectivity index (χ4v) is 15.5. The van der Waals surface area contributed by atoms with E-state index in [0.717, 1.165) is 25.7 Å². The number of alkyl halides is 4. The SMILES string of the molecule is COc1ccc2c(C)c3c(nc2c1)O[C@H]1CN(C(=O)[C@H](C(C)(C)C)NC(=O)O[C@@H]2CC4CC4[C@H]2CCCCC3(F)F)[C@H]([C-]=O)[C@@H]1C.COc1ccc2c(C)c3c(nc2c1)O[C@H]1CN(C(=O)[C@H](C(C)(C)C)NC(=O)O[C@]2(C)CCC[C@H]2CCCCC3(F)F)[C@H]([C-]=O)[C@@H]1C.[V].[V]. The fourth-order valence-electron chi connectivity index (χ4n) is 15.5. The molecule has 4 aliphatic heterocycles. The van der Waals surface area contributed by atoms with E-state index < -0.39 is 113 Å². The molecule has 94 heavy (non-hydrogen) atoms. The third kappa shape index (κ3) is 15.0. The van der Waals surface area contributed by atoms with Crippen molar-refractivity contribution < 1.29 is 112 Å². The van der Waals surface area contributed by atoms with Crippen LogP contribution in [0.25, 0.3) is 21.8 Å². The van der Waals surface area contributed by atoms with Crippen LogP contribution in [0.15, 0.2) is 36.4 Å². The number of ether oxygens (including phenoxy) is 6. The molecular formula is C70H90F4N6O12V2-2. The summed E-state index contributed by atoms with van der Waals surface area (Å²) in [5.41, 5.74) is -1.23. The Hall–Kier alpha value is -5.83. The molecule has 24 heteroatoms. The van der Waals surface area contributed by atoms with Crippen LogP contribution in [-0.4, -0.2) is 132 Å². The average Bonchev–Trinajstić information content (AvgIpc) is 1.15. The van der Waals surface area contributed by atoms with Gasteiger partial charge in [0, 0.05) is 72.9 Å². The summed E-state index contributed by atoms with van der Waals surface area (Å²) < 4.78 is 101. The van der Waals surface area contributed by atoms with Crippen molar-refractivity contribution >= 4 is 58.4 Å². The fraction of sp³-hybridized carbons (Fsp3) is 0.657. The first kappa shape index (κ1) is 74.0. The van der Waals surface area contributed by atoms with Gasteiger partial charge in [-0.1, -0.05) is 80.3 Å². The molecule has 6 heterocycles. The molecule has 2 unspecified atom stereocenters. The molecule has 5 fully saturated rings. The van der Waals surface area contributed by atoms with Gasteiger partial charge in [0.15, 0.2) is 0 Å². The second kappa shape index (κ2) is 28.7. The van der Waals surface area contributed by atoms with E-state index in [-0.39, 0.29) is 104 Å². The molecule has 2 radical (unpaired) electrons. The van der Waals surface area contributed by atoms with E-state index in [2.05, 4.69) is 20.6 Å². The van der Waals surface area contributed by atoms with Gasteiger partial charge in [-0.2, -0.15) is 0 Å². The predicted molar refractivity (Wildman–Crippen MR) is 335 cm³/mol. The molecule has 3 saturated carbocycles. The number of amides is 4. The Kier molecular flexibility index (Phi) is 22.6. The molecule has 3 aliphatic carbocycles. The summed E-state index contributed by atoms with van der Waals surface area (Å²) >= 11 is 0. The number of hydrogen-bond donors (Lipinski definition) is 2. The van der Waals surface area contributed by atoms with Gasteiger partial charge in [0.05, 0.1) is 49.5 Å². The first-order valence-corrected chi connectivity index (χ1v) is 32.7. The van der Waals surface area contributed by atoms with Gasteiger partial charge in [-0.05, 0) is 160 Å². The second-order valence-electron chi connectivity index (χ2n) is 29.3. The van der Waals surface area contributed by atoms with Crippen molar-refractivity contribution in [1.82, 2.24) is 30.4 Å². The maximum atomic E-state index is 16.3. The average molecular weight is 1390 g/mol. The van der Waals surface area contributed by atoms with Gasteiger partial charge in [0.1, 0.15) is 47.5 Å². The summed E-state index contributed by atoms with van der Waals surface area (Å²) in [5, 5.41) is 6.75. The number of aryl methyl sites for hydroxylation is 2. The van der Waals surface area contributed by atoms with Crippen molar-refractivity contribution in [2.75, 3.05) is 27.3 Å². The van der Waals surface area contributed by atoms with Gasteiger partial charge in [0.2, 0.25) is 23.6 Å². The minimum Gasteiger partial charge on any atom is -0.540 e. The van der Waals surface area contributed by atoms with Gasteiger partial charge >= 0.3 is 12.2 Å². The first-order chi connectivity index (χ1) is 43.3. The zero-order chi connectivity index (χ0) is 66.7. The maximum Gasteiger partial charge on any atom is 0.408 e. The Morgan fingerprint density at radius 1 is 0.596 bits per heavy atom. The smallest absolute Gasteiger partial charge is 0.408 e. The molecule has 2 N–H and O–H groups in total. The number of carbonyl (C=O) groups excluding carboxylic acids is 6. The molecule has 2 saturated heterocycles. The normalized spacial score (nSPS) is 31.2. The molecule has 2 aromatic carbocycles. The number of carbonyl (C=O) groups is 4. The number of alkyl carbamates (subject to hydrolysis) is 2. The van der Waals surface area contributed by atoms with Crippen LogP contribution in [0.2, 0.25) is 0 Å². The van der Waals surface area contributed by atoms with E-state index in [4.69, 9.17) is 28.4 Å². The second-order valence-corrected chi connectivity index (χ2v) is 29.3. The molecule has 18 nitrogen and oxygen atoms in total. The van der Waals surface area contributed by atoms with Crippen LogP contribution in [0.5, 0.6) is 23.3 Å². The van der Waals surface area contributed by atoms with Crippen LogP contribution < -0.4 is 29.6 Å². The molecule has 4 aromatic rings. The number of nitrogens with one attached hydrogen (secondary N) is 2. The summed E-state index contributed by atoms with van der Waals surface area (Å²) in [5.74, 6) is -7.09. The number of nitrogens with zero attached hydrogens (tertiary/aromatic N) is 4. The predicted octanol–water partition coefficient (Wildman–Crippen LogP) is 12.7. The number of methoxy groups -OCH3 is 2. The minimum absolute atomic E-state index is 0. The van der Waals surface area contributed by atoms with Crippen LogP contribution in [-0.2, 0) is 77.6 Å². The summed E-state index contributed by atoms with van der Waals surface area (Å²) in [6.07, 6.45) is 6.78. The van der Waals surface area contributed by atoms with Crippen LogP contribution in [0.1, 0.15) is 168 Å². The third-order valence-corrected chi connectivity index (χ3v) is 21.0. The molecule has 512 valence electrons. The number of rotatable bonds is 4. The van der Waals surface area contributed by atoms with Crippen LogP contribution in [0.3, 0.4) is 0 Å². The topological polar surface area (TPSA) is 214 Å². The number of fused-ring (bicyclic) bond motifs is 12. The Bertz CT molecular complexity index is 3360. The molecule has 4 bridgehead atoms. The molecule has 11 rings (SSSR count). The van der Waals surface area contributed by atoms with Crippen LogP contribution >= 0.6 is 0 Å². The van der Waals surface area contributed by atoms with E-state index in [1.807, 2.05) is 61.0 Å². The van der Waals surface area contributed by atoms with Gasteiger partial charge in [-0.15, -0.1) is 0 Å². The monoisotopic (exact) mass is 1380 g/mol. The molecular weight excluding hydrogens is 1290 g/mol. The summed E-state index contributed by atoms with van der Waals surface area (Å²) in [4.78, 5) is 91.3. The van der Waals surface area contributed by atoms with Crippen molar-refractivity contribution in [1.29, 1.82) is 0 Å². The minimum atomic E-state index is -3.27. The van der Waals surface area contributed by atoms with Gasteiger partial charge in [-0.25, -0.2) is 49.7 Å². The number of aromatic nitrogens is 2. The number of hydrogen-bond acceptors (Lipinski definition) is 14. The van der Waals surface area contributed by atoms with E-state index in [0.29, 0.717) is 88.4 Å². The van der Waals surface area contributed by atoms with Crippen molar-refractivity contribution in [2.24, 2.45) is 46.3 Å². The summed E-state index contributed by atoms with van der Waals surface area (Å²) in [6.45, 7) is 19.4. The van der Waals surface area contributed by atoms with Crippen molar-refractivity contribution in [3.05, 3.63) is 58.7 Å². The van der Waals surface area contributed by atoms with Crippen molar-refractivity contribution in [2.45, 2.75) is 220 Å². The largest absolute Gasteiger partial charge is 0.540 e. The molecule has 4 amide bonds. The molecule has 14 atom stereocenters. The molecule has 2 aromatic heterocycles. The number of benzene rings is 2. The summed E-state index contributed by atoms with van der Waals surface area (Å²) in [7, 11) is 3.04. The number of halogens is 4. The quantitative estimate of drug-likeness (QED) is 0.144. The Balaban J connectivity index is 0.000000236. The van der Waals surface area contributed by atoms with Crippen molar-refractivity contribution in [3.8, 4) is 23.3 Å². The van der Waals surface area contributed by atoms with E-state index in [1.54, 1.807) is 64.1 Å². The Morgan fingerprint density at radius 3 is 1.49 bits per heavy atom. The standard InChI is InChI=1S/C35H44F2N3O6.C35H46F2N3O6.2V/c1-18-22-11-10-21(44-6)15-25(22)38-31-29(18)35(36,37)12-8-7-9-23-24-13-20(24)14-27(23)46-33(43)39-30(34(3,4)5)32(42)40-16-28(45-31)19(2)26(40)17-41;1-20-24-14-13-23(44-7)17-25(24)38-30-28(20)35(36,37)16-9-8-11-22-12-10-15-34(22,6)46-32(43)39-29(33(3,4)5)31(42)40-18-27(45-30)21(2)26(40)19-41;;/h10-11,15,19-20,23-24,26-28,30H,7-9,12-14,16H2,1-6H3,(H,39,43);13-14,17,21-22,26-27,29H,8-12,15-16,18H2,1-7H3,(H,39,43);;/q2*-1;;/t19-,20?,23+,24?,26+,27+,28-,30+;21-,22+,26+,27-,29+,34+;;/m00../s1. The van der Waals surface area contributed by atoms with Crippen molar-refractivity contribution in [3.63, 3.8) is 0 Å². The van der Waals surface area contributed by atoms with E-state index in [1.165, 1.54) is 24.0 Å². The third-order valence-electron chi connectivity index (χ3n) is 21.0. The molecule has 0 spiro atoms. The van der Waals surface area contributed by atoms with Gasteiger partial charge < -0.3 is 58.4 Å². The van der Waals surface area contributed by atoms with Gasteiger partial charge in [0.25, 0.3) is 11.8 Å². The summed E-state index contributed by atoms with van der Waals surface area (Å²) in [6, 6.07) is 6.13. The zero-order valence-electron chi connectivity index (χ0n) is 56.2. The Morgan fingerprint density at radius 2 is 1.04 bits per heavy atom. The van der Waals surface area contributed by atoms with E-state index in [9.17, 15) is 28.8 Å². The Labute approximate surface area is 572 Å². The van der Waals surface area contributed by atoms with Gasteiger partial charge in [-0.3, -0.25) is 9.59 Å². The van der Waals surface area contributed by atoms with Crippen LogP contribution in [0, 0.1) is 60.2 Å². The first-order valence-electron chi connectivity index (χ1n) is 32.7.